The van der Waals surface area contributed by atoms with Crippen LogP contribution in [0.1, 0.15) is 0 Å². The summed E-state index contributed by atoms with van der Waals surface area (Å²) in [5.41, 5.74) is 0. The van der Waals surface area contributed by atoms with Gasteiger partial charge < -0.3 is 0 Å². The van der Waals surface area contributed by atoms with Gasteiger partial charge in [-0.3, -0.25) is 0 Å². The Hall–Kier alpha value is 0.535. The van der Waals surface area contributed by atoms with Crippen LogP contribution in [0.4, 0.5) is 0 Å². The summed E-state index contributed by atoms with van der Waals surface area (Å²) in [7, 11) is 0. The van der Waals surface area contributed by atoms with Gasteiger partial charge >= 0.3 is 0 Å². The molecule has 0 aromatic rings. The molecule has 0 heterocycles. The van der Waals surface area contributed by atoms with Crippen LogP contribution in [-0.2, 0) is 0 Å². The Bertz CT molecular complexity index is 28.1. The summed E-state index contributed by atoms with van der Waals surface area (Å²) < 4.78 is 0. The largest absolute Gasteiger partial charge is 0.204 e. The summed E-state index contributed by atoms with van der Waals surface area (Å²) in [6.07, 6.45) is 2.88. The van der Waals surface area contributed by atoms with E-state index >= 15 is 0 Å². The van der Waals surface area contributed by atoms with E-state index in [1.807, 2.05) is 11.2 Å². The standard InChI is InChI=1S/C3H5BI/c1-2-3-4-5/h2H,1,3H2. The predicted octanol–water partition coefficient (Wildman–Crippen LogP) is 1.64. The second-order valence-electron chi connectivity index (χ2n) is 0.679. The van der Waals surface area contributed by atoms with Crippen molar-refractivity contribution in [3.63, 3.8) is 0 Å². The lowest BCUT2D eigenvalue weighted by atomic mass is 10.1. The second-order valence-corrected chi connectivity index (χ2v) is 1.56. The fourth-order valence-electron chi connectivity index (χ4n) is 0.0630. The molecular weight excluding hydrogens is 174 g/mol. The third-order valence-corrected chi connectivity index (χ3v) is 0.764. The van der Waals surface area contributed by atoms with E-state index in [1.54, 1.807) is 0 Å². The average molecular weight is 179 g/mol. The lowest BCUT2D eigenvalue weighted by Gasteiger charge is -1.67. The van der Waals surface area contributed by atoms with Crippen molar-refractivity contribution in [3.8, 4) is 0 Å². The maximum atomic E-state index is 3.51. The van der Waals surface area contributed by atoms with E-state index in [0.29, 0.717) is 0 Å². The first-order valence-corrected chi connectivity index (χ1v) is 2.69. The van der Waals surface area contributed by atoms with Gasteiger partial charge in [0.05, 0.1) is 0 Å². The first kappa shape index (κ1) is 5.53. The van der Waals surface area contributed by atoms with Gasteiger partial charge in [0, 0.05) is 0 Å². The van der Waals surface area contributed by atoms with Crippen molar-refractivity contribution >= 4 is 27.5 Å². The van der Waals surface area contributed by atoms with Gasteiger partial charge in [-0.1, -0.05) is 12.4 Å². The molecule has 0 unspecified atom stereocenters. The summed E-state index contributed by atoms with van der Waals surface area (Å²) >= 11 is 2.19. The molecule has 27 valence electrons. The minimum atomic E-state index is 1.01. The van der Waals surface area contributed by atoms with Crippen molar-refractivity contribution in [2.75, 3.05) is 0 Å². The van der Waals surface area contributed by atoms with Gasteiger partial charge in [-0.2, -0.15) is 22.4 Å². The molecule has 5 heavy (non-hydrogen) atoms. The number of halogens is 1. The fraction of sp³-hybridized carbons (Fsp3) is 0.333. The van der Waals surface area contributed by atoms with Gasteiger partial charge in [0.25, 0.3) is 0 Å². The number of hydrogen-bond donors (Lipinski definition) is 0. The molecule has 0 fully saturated rings. The van der Waals surface area contributed by atoms with Crippen LogP contribution in [0.2, 0.25) is 6.32 Å². The molecule has 0 rings (SSSR count). The molecular formula is C3H5BI. The molecule has 0 N–H and O–H groups in total. The lowest BCUT2D eigenvalue weighted by molar-refractivity contribution is 1.76. The molecule has 0 aliphatic rings. The van der Waals surface area contributed by atoms with E-state index in [0.717, 1.165) is 6.32 Å². The Labute approximate surface area is 46.8 Å². The molecule has 0 bridgehead atoms. The predicted molar refractivity (Wildman–Crippen MR) is 34.8 cm³/mol. The van der Waals surface area contributed by atoms with Crippen LogP contribution < -0.4 is 0 Å². The summed E-state index contributed by atoms with van der Waals surface area (Å²) in [4.78, 5) is 0. The molecule has 0 amide bonds. The van der Waals surface area contributed by atoms with Gasteiger partial charge in [-0.25, -0.2) is 0 Å². The summed E-state index contributed by atoms with van der Waals surface area (Å²) in [6.45, 7) is 3.51. The third-order valence-electron chi connectivity index (χ3n) is 0.256. The monoisotopic (exact) mass is 179 g/mol. The molecule has 0 nitrogen and oxygen atoms in total. The van der Waals surface area contributed by atoms with Crippen molar-refractivity contribution in [1.82, 2.24) is 0 Å². The highest BCUT2D eigenvalue weighted by atomic mass is 127. The van der Waals surface area contributed by atoms with Gasteiger partial charge in [0.15, 0.2) is 0 Å². The average Bonchev–Trinajstić information content (AvgIpc) is 1.41. The van der Waals surface area contributed by atoms with Crippen LogP contribution in [0.5, 0.6) is 0 Å². The van der Waals surface area contributed by atoms with Crippen molar-refractivity contribution in [2.45, 2.75) is 6.32 Å². The highest BCUT2D eigenvalue weighted by molar-refractivity contribution is 14.1. The topological polar surface area (TPSA) is 0 Å². The molecule has 0 aliphatic carbocycles. The molecule has 0 spiro atoms. The normalized spacial score (nSPS) is 6.60. The van der Waals surface area contributed by atoms with Crippen molar-refractivity contribution in [3.05, 3.63) is 12.7 Å². The molecule has 0 saturated heterocycles. The first-order valence-electron chi connectivity index (χ1n) is 1.44. The fourth-order valence-corrected chi connectivity index (χ4v) is 0.423. The molecule has 0 aromatic heterocycles. The summed E-state index contributed by atoms with van der Waals surface area (Å²) in [6, 6.07) is 0. The van der Waals surface area contributed by atoms with Crippen LogP contribution in [0, 0.1) is 0 Å². The van der Waals surface area contributed by atoms with Crippen molar-refractivity contribution in [1.29, 1.82) is 0 Å². The zero-order valence-corrected chi connectivity index (χ0v) is 5.10. The van der Waals surface area contributed by atoms with Gasteiger partial charge in [-0.15, -0.1) is 6.58 Å². The van der Waals surface area contributed by atoms with E-state index in [2.05, 4.69) is 29.0 Å². The van der Waals surface area contributed by atoms with Crippen LogP contribution in [0.15, 0.2) is 12.7 Å². The Balaban J connectivity index is 2.40. The molecule has 0 saturated carbocycles. The molecule has 1 radical (unpaired) electrons. The van der Waals surface area contributed by atoms with Crippen LogP contribution in [0.25, 0.3) is 0 Å². The smallest absolute Gasteiger partial charge is 0.158 e. The Morgan fingerprint density at radius 3 is 2.60 bits per heavy atom. The Kier molecular flexibility index (Phi) is 5.02. The van der Waals surface area contributed by atoms with Crippen LogP contribution >= 0.6 is 22.4 Å². The lowest BCUT2D eigenvalue weighted by Crippen LogP contribution is -1.63. The van der Waals surface area contributed by atoms with Crippen LogP contribution in [-0.4, -0.2) is 5.14 Å². The Morgan fingerprint density at radius 2 is 2.60 bits per heavy atom. The molecule has 0 aromatic carbocycles. The maximum Gasteiger partial charge on any atom is 0.204 e. The van der Waals surface area contributed by atoms with E-state index in [-0.39, 0.29) is 0 Å². The SMILES string of the molecule is C=CC[B]I. The number of rotatable bonds is 2. The van der Waals surface area contributed by atoms with Crippen molar-refractivity contribution in [2.24, 2.45) is 0 Å². The van der Waals surface area contributed by atoms with E-state index < -0.39 is 0 Å². The van der Waals surface area contributed by atoms with Gasteiger partial charge in [-0.05, 0) is 0 Å². The van der Waals surface area contributed by atoms with E-state index in [1.165, 1.54) is 0 Å². The zero-order chi connectivity index (χ0) is 4.12. The van der Waals surface area contributed by atoms with E-state index in [9.17, 15) is 0 Å². The van der Waals surface area contributed by atoms with Crippen molar-refractivity contribution < 1.29 is 0 Å². The minimum absolute atomic E-state index is 1.01. The third kappa shape index (κ3) is 4.53. The highest BCUT2D eigenvalue weighted by Gasteiger charge is 1.68. The first-order chi connectivity index (χ1) is 2.41. The summed E-state index contributed by atoms with van der Waals surface area (Å²) in [5.74, 6) is 0. The maximum absolute atomic E-state index is 3.51. The molecule has 2 heteroatoms. The summed E-state index contributed by atoms with van der Waals surface area (Å²) in [5, 5.41) is 2.03. The molecule has 0 aliphatic heterocycles. The Morgan fingerprint density at radius 1 is 2.00 bits per heavy atom. The van der Waals surface area contributed by atoms with Crippen LogP contribution in [0.3, 0.4) is 0 Å². The van der Waals surface area contributed by atoms with Gasteiger partial charge in [0.2, 0.25) is 5.14 Å². The second kappa shape index (κ2) is 4.53. The van der Waals surface area contributed by atoms with Gasteiger partial charge in [0.1, 0.15) is 0 Å². The highest BCUT2D eigenvalue weighted by Crippen LogP contribution is 1.83. The molecule has 0 atom stereocenters. The van der Waals surface area contributed by atoms with E-state index in [4.69, 9.17) is 0 Å². The quantitative estimate of drug-likeness (QED) is 0.343. The number of allylic oxidation sites excluding steroid dienone is 1. The zero-order valence-electron chi connectivity index (χ0n) is 2.95. The minimum Gasteiger partial charge on any atom is -0.158 e. The number of hydrogen-bond acceptors (Lipinski definition) is 0.